The molecule has 0 radical (unpaired) electrons. The molecule has 2 aromatic carbocycles. The molecule has 0 saturated carbocycles. The molecule has 4 rings (SSSR count). The molecule has 2 aromatic rings. The van der Waals surface area contributed by atoms with E-state index in [9.17, 15) is 17.6 Å². The zero-order valence-corrected chi connectivity index (χ0v) is 18.3. The summed E-state index contributed by atoms with van der Waals surface area (Å²) in [7, 11) is -2.21. The number of methoxy groups -OCH3 is 1. The maximum Gasteiger partial charge on any atom is 0.244 e. The largest absolute Gasteiger partial charge is 0.497 e. The van der Waals surface area contributed by atoms with E-state index in [2.05, 4.69) is 9.80 Å². The van der Waals surface area contributed by atoms with Crippen LogP contribution in [0.25, 0.3) is 0 Å². The highest BCUT2D eigenvalue weighted by Gasteiger charge is 2.36. The van der Waals surface area contributed by atoms with E-state index in [1.807, 2.05) is 0 Å². The van der Waals surface area contributed by atoms with E-state index < -0.39 is 10.0 Å². The fourth-order valence-corrected chi connectivity index (χ4v) is 5.73. The number of benzene rings is 2. The van der Waals surface area contributed by atoms with Crippen LogP contribution in [0.3, 0.4) is 0 Å². The fraction of sp³-hybridized carbons (Fsp3) is 0.409. The van der Waals surface area contributed by atoms with Gasteiger partial charge in [0, 0.05) is 44.0 Å². The molecule has 0 bridgehead atoms. The molecular weight excluding hydrogens is 421 g/mol. The Labute approximate surface area is 182 Å². The number of anilines is 1. The number of hydrogen-bond acceptors (Lipinski definition) is 6. The van der Waals surface area contributed by atoms with Crippen LogP contribution in [-0.2, 0) is 10.0 Å². The Kier molecular flexibility index (Phi) is 6.27. The number of carbonyl (C=O) groups excluding carboxylic acids is 1. The van der Waals surface area contributed by atoms with Crippen LogP contribution in [0.5, 0.6) is 5.75 Å². The highest BCUT2D eigenvalue weighted by atomic mass is 32.2. The van der Waals surface area contributed by atoms with Gasteiger partial charge in [-0.2, -0.15) is 4.31 Å². The minimum atomic E-state index is -3.69. The second-order valence-corrected chi connectivity index (χ2v) is 9.69. The first-order valence-corrected chi connectivity index (χ1v) is 11.8. The SMILES string of the molecule is COc1ccc2c(c1)C(=O)CN(CCCN1CCN(c3ccc(F)cc3)CC1)S2(=O)=O. The van der Waals surface area contributed by atoms with Crippen LogP contribution in [0.15, 0.2) is 47.4 Å². The van der Waals surface area contributed by atoms with Crippen LogP contribution >= 0.6 is 0 Å². The second kappa shape index (κ2) is 8.94. The lowest BCUT2D eigenvalue weighted by atomic mass is 10.1. The molecule has 31 heavy (non-hydrogen) atoms. The maximum atomic E-state index is 13.1. The number of ether oxygens (including phenoxy) is 1. The maximum absolute atomic E-state index is 13.1. The number of carbonyl (C=O) groups is 1. The van der Waals surface area contributed by atoms with Gasteiger partial charge in [-0.05, 0) is 55.4 Å². The Morgan fingerprint density at radius 3 is 2.39 bits per heavy atom. The highest BCUT2D eigenvalue weighted by molar-refractivity contribution is 7.89. The zero-order valence-electron chi connectivity index (χ0n) is 17.5. The normalized spacial score (nSPS) is 19.3. The van der Waals surface area contributed by atoms with Gasteiger partial charge in [-0.15, -0.1) is 0 Å². The molecule has 0 atom stereocenters. The Morgan fingerprint density at radius 1 is 1.00 bits per heavy atom. The van der Waals surface area contributed by atoms with Crippen molar-refractivity contribution in [1.82, 2.24) is 9.21 Å². The van der Waals surface area contributed by atoms with Gasteiger partial charge in [0.15, 0.2) is 5.78 Å². The number of rotatable bonds is 6. The predicted octanol–water partition coefficient (Wildman–Crippen LogP) is 2.23. The molecule has 9 heteroatoms. The Hall–Kier alpha value is -2.49. The first kappa shape index (κ1) is 21.7. The summed E-state index contributed by atoms with van der Waals surface area (Å²) in [5, 5.41) is 0. The first-order valence-electron chi connectivity index (χ1n) is 10.3. The number of piperazine rings is 1. The molecule has 2 heterocycles. The summed E-state index contributed by atoms with van der Waals surface area (Å²) in [4.78, 5) is 17.1. The van der Waals surface area contributed by atoms with Crippen LogP contribution in [0.1, 0.15) is 16.8 Å². The van der Waals surface area contributed by atoms with Gasteiger partial charge in [0.25, 0.3) is 0 Å². The lowest BCUT2D eigenvalue weighted by Crippen LogP contribution is -2.47. The van der Waals surface area contributed by atoms with E-state index in [1.54, 1.807) is 18.2 Å². The van der Waals surface area contributed by atoms with Crippen molar-refractivity contribution >= 4 is 21.5 Å². The van der Waals surface area contributed by atoms with Crippen molar-refractivity contribution in [3.05, 3.63) is 53.8 Å². The summed E-state index contributed by atoms with van der Waals surface area (Å²) in [5.41, 5.74) is 1.21. The molecule has 0 spiro atoms. The number of halogens is 1. The highest BCUT2D eigenvalue weighted by Crippen LogP contribution is 2.29. The van der Waals surface area contributed by atoms with E-state index in [4.69, 9.17) is 4.74 Å². The van der Waals surface area contributed by atoms with Crippen molar-refractivity contribution in [2.75, 3.05) is 57.8 Å². The lowest BCUT2D eigenvalue weighted by molar-refractivity contribution is 0.0953. The van der Waals surface area contributed by atoms with Crippen molar-refractivity contribution in [1.29, 1.82) is 0 Å². The van der Waals surface area contributed by atoms with Gasteiger partial charge in [-0.25, -0.2) is 12.8 Å². The monoisotopic (exact) mass is 447 g/mol. The van der Waals surface area contributed by atoms with Crippen LogP contribution in [0.4, 0.5) is 10.1 Å². The number of Topliss-reactive ketones (excluding diaryl/α,β-unsaturated/α-hetero) is 1. The van der Waals surface area contributed by atoms with Gasteiger partial charge in [0.05, 0.1) is 18.6 Å². The van der Waals surface area contributed by atoms with Crippen molar-refractivity contribution in [2.45, 2.75) is 11.3 Å². The molecule has 0 unspecified atom stereocenters. The molecule has 0 amide bonds. The summed E-state index contributed by atoms with van der Waals surface area (Å²) in [5.74, 6) is 0.0162. The number of nitrogens with zero attached hydrogens (tertiary/aromatic N) is 3. The fourth-order valence-electron chi connectivity index (χ4n) is 4.10. The molecule has 0 aliphatic carbocycles. The van der Waals surface area contributed by atoms with Gasteiger partial charge in [0.1, 0.15) is 11.6 Å². The molecular formula is C22H26FN3O4S. The van der Waals surface area contributed by atoms with Crippen molar-refractivity contribution in [3.8, 4) is 5.75 Å². The van der Waals surface area contributed by atoms with Gasteiger partial charge < -0.3 is 9.64 Å². The summed E-state index contributed by atoms with van der Waals surface area (Å²) in [6.45, 7) is 4.30. The number of ketones is 1. The van der Waals surface area contributed by atoms with E-state index in [0.717, 1.165) is 38.4 Å². The number of sulfonamides is 1. The van der Waals surface area contributed by atoms with E-state index in [-0.39, 0.29) is 28.6 Å². The standard InChI is InChI=1S/C22H26FN3O4S/c1-30-19-7-8-22-20(15-19)21(27)16-26(31(22,28)29)10-2-9-24-11-13-25(14-12-24)18-5-3-17(23)4-6-18/h3-8,15H,2,9-14,16H2,1H3. The minimum absolute atomic E-state index is 0.0532. The van der Waals surface area contributed by atoms with Crippen molar-refractivity contribution in [3.63, 3.8) is 0 Å². The number of fused-ring (bicyclic) bond motifs is 1. The molecule has 2 aliphatic rings. The molecule has 7 nitrogen and oxygen atoms in total. The van der Waals surface area contributed by atoms with Crippen molar-refractivity contribution < 1.29 is 22.3 Å². The molecule has 1 fully saturated rings. The second-order valence-electron chi connectivity index (χ2n) is 7.78. The van der Waals surface area contributed by atoms with Crippen LogP contribution in [0, 0.1) is 5.82 Å². The zero-order chi connectivity index (χ0) is 22.0. The van der Waals surface area contributed by atoms with E-state index in [1.165, 1.54) is 35.7 Å². The first-order chi connectivity index (χ1) is 14.9. The summed E-state index contributed by atoms with van der Waals surface area (Å²) in [6.07, 6.45) is 0.647. The van der Waals surface area contributed by atoms with Crippen LogP contribution in [-0.4, -0.2) is 76.3 Å². The topological polar surface area (TPSA) is 70.2 Å². The predicted molar refractivity (Wildman–Crippen MR) is 116 cm³/mol. The Bertz CT molecular complexity index is 1050. The number of hydrogen-bond donors (Lipinski definition) is 0. The molecule has 0 aromatic heterocycles. The van der Waals surface area contributed by atoms with Gasteiger partial charge in [-0.1, -0.05) is 0 Å². The van der Waals surface area contributed by atoms with Gasteiger partial charge >= 0.3 is 0 Å². The average Bonchev–Trinajstić information content (AvgIpc) is 2.78. The van der Waals surface area contributed by atoms with Crippen LogP contribution < -0.4 is 9.64 Å². The Balaban J connectivity index is 1.31. The third-order valence-electron chi connectivity index (χ3n) is 5.87. The molecule has 1 saturated heterocycles. The summed E-state index contributed by atoms with van der Waals surface area (Å²) >= 11 is 0. The third kappa shape index (κ3) is 4.58. The molecule has 0 N–H and O–H groups in total. The smallest absolute Gasteiger partial charge is 0.244 e. The minimum Gasteiger partial charge on any atom is -0.497 e. The molecule has 2 aliphatic heterocycles. The lowest BCUT2D eigenvalue weighted by Gasteiger charge is -2.36. The van der Waals surface area contributed by atoms with Crippen LogP contribution in [0.2, 0.25) is 0 Å². The quantitative estimate of drug-likeness (QED) is 0.677. The van der Waals surface area contributed by atoms with Crippen molar-refractivity contribution in [2.24, 2.45) is 0 Å². The molecule has 166 valence electrons. The van der Waals surface area contributed by atoms with E-state index >= 15 is 0 Å². The Morgan fingerprint density at radius 2 is 1.71 bits per heavy atom. The summed E-state index contributed by atoms with van der Waals surface area (Å²) < 4.78 is 45.4. The van der Waals surface area contributed by atoms with E-state index in [0.29, 0.717) is 18.7 Å². The summed E-state index contributed by atoms with van der Waals surface area (Å²) in [6, 6.07) is 11.0. The average molecular weight is 448 g/mol. The van der Waals surface area contributed by atoms with Gasteiger partial charge in [0.2, 0.25) is 10.0 Å². The van der Waals surface area contributed by atoms with Gasteiger partial charge in [-0.3, -0.25) is 9.69 Å². The third-order valence-corrected chi connectivity index (χ3v) is 7.77.